The summed E-state index contributed by atoms with van der Waals surface area (Å²) in [6, 6.07) is 0. The van der Waals surface area contributed by atoms with Gasteiger partial charge in [-0.2, -0.15) is 0 Å². The highest BCUT2D eigenvalue weighted by Gasteiger charge is 2.17. The third-order valence-corrected chi connectivity index (χ3v) is 2.29. The molecule has 0 spiro atoms. The van der Waals surface area contributed by atoms with Crippen LogP contribution < -0.4 is 0 Å². The predicted octanol–water partition coefficient (Wildman–Crippen LogP) is 1.38. The minimum Gasteiger partial charge on any atom is -0.461 e. The number of carbonyl (C=O) groups is 1. The first-order valence-corrected chi connectivity index (χ1v) is 4.68. The van der Waals surface area contributed by atoms with Gasteiger partial charge >= 0.3 is 5.97 Å². The van der Waals surface area contributed by atoms with E-state index in [0.29, 0.717) is 13.0 Å². The predicted molar refractivity (Wildman–Crippen MR) is 43.2 cm³/mol. The van der Waals surface area contributed by atoms with Crippen molar-refractivity contribution in [3.05, 3.63) is 0 Å². The van der Waals surface area contributed by atoms with Crippen LogP contribution in [-0.2, 0) is 13.7 Å². The van der Waals surface area contributed by atoms with E-state index in [1.807, 2.05) is 0 Å². The standard InChI is InChI=1S/C7H12O3S/c1-2-7(8)10-6-3-4-9-11-5-6/h6H,2-5H2,1H3. The Hall–Kier alpha value is -0.220. The molecular formula is C7H12O3S. The van der Waals surface area contributed by atoms with Gasteiger partial charge < -0.3 is 8.92 Å². The van der Waals surface area contributed by atoms with E-state index in [1.165, 1.54) is 12.0 Å². The van der Waals surface area contributed by atoms with Crippen LogP contribution in [0.3, 0.4) is 0 Å². The zero-order chi connectivity index (χ0) is 8.10. The van der Waals surface area contributed by atoms with Crippen LogP contribution in [0.2, 0.25) is 0 Å². The van der Waals surface area contributed by atoms with Gasteiger partial charge in [0, 0.05) is 12.8 Å². The van der Waals surface area contributed by atoms with E-state index in [2.05, 4.69) is 0 Å². The molecule has 11 heavy (non-hydrogen) atoms. The highest BCUT2D eigenvalue weighted by atomic mass is 32.2. The zero-order valence-corrected chi connectivity index (χ0v) is 7.36. The molecule has 0 saturated carbocycles. The quantitative estimate of drug-likeness (QED) is 0.470. The first kappa shape index (κ1) is 8.87. The van der Waals surface area contributed by atoms with Crippen LogP contribution in [0.5, 0.6) is 0 Å². The van der Waals surface area contributed by atoms with Gasteiger partial charge in [0.15, 0.2) is 0 Å². The molecular weight excluding hydrogens is 164 g/mol. The van der Waals surface area contributed by atoms with Gasteiger partial charge in [0.2, 0.25) is 0 Å². The summed E-state index contributed by atoms with van der Waals surface area (Å²) in [6.45, 7) is 2.49. The number of esters is 1. The fourth-order valence-corrected chi connectivity index (χ4v) is 1.50. The highest BCUT2D eigenvalue weighted by Crippen LogP contribution is 2.17. The maximum atomic E-state index is 10.8. The second kappa shape index (κ2) is 4.62. The number of carbonyl (C=O) groups excluding carboxylic acids is 1. The Labute approximate surface area is 70.6 Å². The summed E-state index contributed by atoms with van der Waals surface area (Å²) in [6.07, 6.45) is 1.36. The van der Waals surface area contributed by atoms with Crippen LogP contribution >= 0.6 is 12.0 Å². The van der Waals surface area contributed by atoms with Crippen molar-refractivity contribution >= 4 is 18.0 Å². The molecule has 0 N–H and O–H groups in total. The lowest BCUT2D eigenvalue weighted by Crippen LogP contribution is -2.24. The van der Waals surface area contributed by atoms with Crippen molar-refractivity contribution < 1.29 is 13.7 Å². The lowest BCUT2D eigenvalue weighted by molar-refractivity contribution is -0.148. The summed E-state index contributed by atoms with van der Waals surface area (Å²) in [7, 11) is 0. The lowest BCUT2D eigenvalue weighted by Gasteiger charge is -2.20. The van der Waals surface area contributed by atoms with E-state index < -0.39 is 0 Å². The minimum atomic E-state index is -0.113. The maximum absolute atomic E-state index is 10.8. The number of hydrogen-bond donors (Lipinski definition) is 0. The Morgan fingerprint density at radius 2 is 2.64 bits per heavy atom. The van der Waals surface area contributed by atoms with Gasteiger partial charge in [-0.25, -0.2) is 0 Å². The van der Waals surface area contributed by atoms with Crippen molar-refractivity contribution in [3.63, 3.8) is 0 Å². The Kier molecular flexibility index (Phi) is 3.72. The zero-order valence-electron chi connectivity index (χ0n) is 6.54. The van der Waals surface area contributed by atoms with Crippen LogP contribution in [0.4, 0.5) is 0 Å². The average molecular weight is 176 g/mol. The van der Waals surface area contributed by atoms with E-state index in [9.17, 15) is 4.79 Å². The molecule has 0 aromatic heterocycles. The number of ether oxygens (including phenoxy) is 1. The molecule has 1 fully saturated rings. The molecule has 0 aromatic carbocycles. The molecule has 0 aliphatic carbocycles. The van der Waals surface area contributed by atoms with Gasteiger partial charge in [0.1, 0.15) is 6.10 Å². The normalized spacial score (nSPS) is 24.6. The molecule has 0 amide bonds. The van der Waals surface area contributed by atoms with E-state index in [1.54, 1.807) is 6.92 Å². The van der Waals surface area contributed by atoms with Gasteiger partial charge in [-0.1, -0.05) is 6.92 Å². The first-order valence-electron chi connectivity index (χ1n) is 3.77. The largest absolute Gasteiger partial charge is 0.461 e. The topological polar surface area (TPSA) is 35.5 Å². The number of hydrogen-bond acceptors (Lipinski definition) is 4. The van der Waals surface area contributed by atoms with E-state index in [-0.39, 0.29) is 12.1 Å². The molecule has 64 valence electrons. The molecule has 1 unspecified atom stereocenters. The van der Waals surface area contributed by atoms with Crippen molar-refractivity contribution in [3.8, 4) is 0 Å². The van der Waals surface area contributed by atoms with Crippen LogP contribution in [0.25, 0.3) is 0 Å². The van der Waals surface area contributed by atoms with E-state index >= 15 is 0 Å². The van der Waals surface area contributed by atoms with Crippen LogP contribution in [0.15, 0.2) is 0 Å². The second-order valence-electron chi connectivity index (χ2n) is 2.36. The molecule has 1 heterocycles. The molecule has 1 aliphatic rings. The summed E-state index contributed by atoms with van der Waals surface area (Å²) in [5, 5.41) is 0. The fraction of sp³-hybridized carbons (Fsp3) is 0.857. The first-order chi connectivity index (χ1) is 5.33. The van der Waals surface area contributed by atoms with E-state index in [4.69, 9.17) is 8.92 Å². The minimum absolute atomic E-state index is 0.0706. The second-order valence-corrected chi connectivity index (χ2v) is 3.17. The van der Waals surface area contributed by atoms with Crippen LogP contribution in [0.1, 0.15) is 19.8 Å². The summed E-state index contributed by atoms with van der Waals surface area (Å²) in [5.41, 5.74) is 0. The average Bonchev–Trinajstić information content (AvgIpc) is 2.06. The molecule has 3 nitrogen and oxygen atoms in total. The monoisotopic (exact) mass is 176 g/mol. The van der Waals surface area contributed by atoms with Gasteiger partial charge in [-0.05, 0) is 12.0 Å². The lowest BCUT2D eigenvalue weighted by atomic mass is 10.3. The van der Waals surface area contributed by atoms with Gasteiger partial charge in [-0.3, -0.25) is 4.79 Å². The number of rotatable bonds is 2. The Morgan fingerprint density at radius 3 is 3.18 bits per heavy atom. The van der Waals surface area contributed by atoms with Crippen LogP contribution in [0, 0.1) is 0 Å². The third kappa shape index (κ3) is 3.12. The molecule has 1 aliphatic heterocycles. The van der Waals surface area contributed by atoms with Crippen molar-refractivity contribution in [2.45, 2.75) is 25.9 Å². The molecule has 4 heteroatoms. The van der Waals surface area contributed by atoms with Crippen molar-refractivity contribution in [1.29, 1.82) is 0 Å². The highest BCUT2D eigenvalue weighted by molar-refractivity contribution is 7.94. The third-order valence-electron chi connectivity index (χ3n) is 1.45. The fourth-order valence-electron chi connectivity index (χ4n) is 0.808. The molecule has 1 atom stereocenters. The van der Waals surface area contributed by atoms with Crippen molar-refractivity contribution in [2.24, 2.45) is 0 Å². The maximum Gasteiger partial charge on any atom is 0.305 e. The van der Waals surface area contributed by atoms with Gasteiger partial charge in [0.25, 0.3) is 0 Å². The SMILES string of the molecule is CCC(=O)OC1CCOSC1. The van der Waals surface area contributed by atoms with E-state index in [0.717, 1.165) is 12.2 Å². The molecule has 1 rings (SSSR count). The Balaban J connectivity index is 2.19. The summed E-state index contributed by atoms with van der Waals surface area (Å²) < 4.78 is 10.1. The Morgan fingerprint density at radius 1 is 1.82 bits per heavy atom. The molecule has 0 radical (unpaired) electrons. The van der Waals surface area contributed by atoms with Crippen molar-refractivity contribution in [2.75, 3.05) is 12.4 Å². The molecule has 0 aromatic rings. The summed E-state index contributed by atoms with van der Waals surface area (Å²) >= 11 is 1.38. The van der Waals surface area contributed by atoms with Gasteiger partial charge in [-0.15, -0.1) is 0 Å². The molecule has 1 saturated heterocycles. The summed E-state index contributed by atoms with van der Waals surface area (Å²) in [4.78, 5) is 10.8. The van der Waals surface area contributed by atoms with Crippen LogP contribution in [-0.4, -0.2) is 24.4 Å². The smallest absolute Gasteiger partial charge is 0.305 e. The summed E-state index contributed by atoms with van der Waals surface area (Å²) in [5.74, 6) is 0.656. The van der Waals surface area contributed by atoms with Gasteiger partial charge in [0.05, 0.1) is 12.4 Å². The molecule has 0 bridgehead atoms. The Bertz CT molecular complexity index is 132. The van der Waals surface area contributed by atoms with Crippen molar-refractivity contribution in [1.82, 2.24) is 0 Å².